The topological polar surface area (TPSA) is 54.5 Å². The molecule has 3 heterocycles. The van der Waals surface area contributed by atoms with Gasteiger partial charge in [-0.15, -0.1) is 11.3 Å². The van der Waals surface area contributed by atoms with Crippen molar-refractivity contribution >= 4 is 44.9 Å². The van der Waals surface area contributed by atoms with E-state index in [1.165, 1.54) is 0 Å². The zero-order chi connectivity index (χ0) is 19.1. The highest BCUT2D eigenvalue weighted by molar-refractivity contribution is 7.13. The van der Waals surface area contributed by atoms with Crippen LogP contribution in [0.5, 0.6) is 0 Å². The van der Waals surface area contributed by atoms with Crippen LogP contribution in [0.3, 0.4) is 0 Å². The Morgan fingerprint density at radius 3 is 2.68 bits per heavy atom. The van der Waals surface area contributed by atoms with E-state index in [9.17, 15) is 0 Å². The summed E-state index contributed by atoms with van der Waals surface area (Å²) in [4.78, 5) is 10.2. The first kappa shape index (κ1) is 16.9. The number of fused-ring (bicyclic) bond motifs is 3. The molecular weight excluding hydrogens is 388 g/mol. The minimum absolute atomic E-state index is 0.403. The Morgan fingerprint density at radius 1 is 1.07 bits per heavy atom. The van der Waals surface area contributed by atoms with Crippen molar-refractivity contribution in [3.8, 4) is 22.2 Å². The summed E-state index contributed by atoms with van der Waals surface area (Å²) in [7, 11) is 0. The molecule has 0 fully saturated rings. The molecule has 0 bridgehead atoms. The number of hydrogen-bond donors (Lipinski definition) is 0. The van der Waals surface area contributed by atoms with E-state index in [1.54, 1.807) is 17.5 Å². The van der Waals surface area contributed by atoms with Crippen LogP contribution in [-0.2, 0) is 6.42 Å². The number of nitrogens with zero attached hydrogens (tertiary/aromatic N) is 4. The van der Waals surface area contributed by atoms with Crippen molar-refractivity contribution in [1.82, 2.24) is 14.5 Å². The average molecular weight is 401 g/mol. The Labute approximate surface area is 170 Å². The molecule has 134 valence electrons. The highest BCUT2D eigenvalue weighted by Crippen LogP contribution is 2.36. The van der Waals surface area contributed by atoms with Gasteiger partial charge in [-0.3, -0.25) is 9.55 Å². The third-order valence-corrected chi connectivity index (χ3v) is 5.96. The smallest absolute Gasteiger partial charge is 0.108 e. The van der Waals surface area contributed by atoms with Crippen LogP contribution in [0.2, 0.25) is 5.02 Å². The Kier molecular flexibility index (Phi) is 4.09. The van der Waals surface area contributed by atoms with Crippen molar-refractivity contribution in [2.75, 3.05) is 0 Å². The van der Waals surface area contributed by atoms with Gasteiger partial charge in [-0.2, -0.15) is 5.26 Å². The minimum Gasteiger partial charge on any atom is -0.298 e. The van der Waals surface area contributed by atoms with E-state index in [0.717, 1.165) is 43.6 Å². The molecule has 0 spiro atoms. The van der Waals surface area contributed by atoms with Gasteiger partial charge in [-0.25, -0.2) is 4.98 Å². The van der Waals surface area contributed by atoms with Crippen LogP contribution in [0.1, 0.15) is 5.56 Å². The maximum absolute atomic E-state index is 8.88. The van der Waals surface area contributed by atoms with Crippen molar-refractivity contribution in [2.45, 2.75) is 6.42 Å². The molecule has 0 aliphatic carbocycles. The third-order valence-electron chi connectivity index (χ3n) is 4.75. The highest BCUT2D eigenvalue weighted by Gasteiger charge is 2.14. The van der Waals surface area contributed by atoms with Crippen molar-refractivity contribution in [3.05, 3.63) is 77.0 Å². The van der Waals surface area contributed by atoms with Crippen LogP contribution in [0.15, 0.2) is 66.4 Å². The second kappa shape index (κ2) is 6.75. The number of nitriles is 1. The summed E-state index contributed by atoms with van der Waals surface area (Å²) in [6.45, 7) is 0. The summed E-state index contributed by atoms with van der Waals surface area (Å²) < 4.78 is 2.06. The molecule has 0 aliphatic heterocycles. The lowest BCUT2D eigenvalue weighted by Gasteiger charge is -2.09. The largest absolute Gasteiger partial charge is 0.298 e. The lowest BCUT2D eigenvalue weighted by molar-refractivity contribution is 1.09. The molecule has 4 nitrogen and oxygen atoms in total. The molecule has 0 saturated heterocycles. The van der Waals surface area contributed by atoms with E-state index in [1.807, 2.05) is 48.1 Å². The molecule has 5 aromatic rings. The normalized spacial score (nSPS) is 11.1. The predicted molar refractivity (Wildman–Crippen MR) is 114 cm³/mol. The van der Waals surface area contributed by atoms with Crippen LogP contribution >= 0.6 is 22.9 Å². The van der Waals surface area contributed by atoms with E-state index in [2.05, 4.69) is 32.7 Å². The third kappa shape index (κ3) is 2.75. The number of rotatable bonds is 3. The summed E-state index contributed by atoms with van der Waals surface area (Å²) in [5, 5.41) is 12.6. The number of thiophene rings is 1. The molecule has 0 saturated carbocycles. The maximum Gasteiger partial charge on any atom is 0.108 e. The lowest BCUT2D eigenvalue weighted by Crippen LogP contribution is -1.94. The first-order valence-electron chi connectivity index (χ1n) is 8.70. The van der Waals surface area contributed by atoms with Crippen molar-refractivity contribution in [2.24, 2.45) is 0 Å². The molecule has 2 aromatic carbocycles. The summed E-state index contributed by atoms with van der Waals surface area (Å²) in [5.74, 6) is 0. The van der Waals surface area contributed by atoms with Gasteiger partial charge in [0.25, 0.3) is 0 Å². The van der Waals surface area contributed by atoms with Gasteiger partial charge >= 0.3 is 0 Å². The number of benzene rings is 2. The number of pyridine rings is 1. The summed E-state index contributed by atoms with van der Waals surface area (Å²) in [6, 6.07) is 18.2. The molecule has 0 atom stereocenters. The monoisotopic (exact) mass is 400 g/mol. The van der Waals surface area contributed by atoms with Crippen molar-refractivity contribution < 1.29 is 0 Å². The fraction of sp³-hybridized carbons (Fsp3) is 0.0455. The van der Waals surface area contributed by atoms with Crippen LogP contribution < -0.4 is 0 Å². The van der Waals surface area contributed by atoms with Crippen LogP contribution in [0.4, 0.5) is 0 Å². The van der Waals surface area contributed by atoms with Gasteiger partial charge < -0.3 is 0 Å². The maximum atomic E-state index is 8.88. The minimum atomic E-state index is 0.403. The fourth-order valence-corrected chi connectivity index (χ4v) is 4.47. The van der Waals surface area contributed by atoms with Crippen LogP contribution in [-0.4, -0.2) is 14.5 Å². The quantitative estimate of drug-likeness (QED) is 0.372. The summed E-state index contributed by atoms with van der Waals surface area (Å²) in [5.41, 5.74) is 5.63. The zero-order valence-electron chi connectivity index (χ0n) is 14.6. The Balaban J connectivity index is 1.76. The molecule has 0 aliphatic rings. The molecule has 0 N–H and O–H groups in total. The lowest BCUT2D eigenvalue weighted by atomic mass is 10.1. The molecular formula is C22H13ClN4S. The second-order valence-corrected chi connectivity index (χ2v) is 7.79. The van der Waals surface area contributed by atoms with Crippen molar-refractivity contribution in [3.63, 3.8) is 0 Å². The zero-order valence-corrected chi connectivity index (χ0v) is 16.2. The Hall–Kier alpha value is -3.20. The van der Waals surface area contributed by atoms with Gasteiger partial charge in [0.05, 0.1) is 34.7 Å². The summed E-state index contributed by atoms with van der Waals surface area (Å²) in [6.07, 6.45) is 3.99. The van der Waals surface area contributed by atoms with Gasteiger partial charge in [-0.1, -0.05) is 29.8 Å². The number of imidazole rings is 1. The highest BCUT2D eigenvalue weighted by atomic mass is 35.5. The van der Waals surface area contributed by atoms with Crippen LogP contribution in [0.25, 0.3) is 38.1 Å². The van der Waals surface area contributed by atoms with Gasteiger partial charge in [0.1, 0.15) is 11.8 Å². The number of hydrogen-bond acceptors (Lipinski definition) is 4. The molecule has 0 unspecified atom stereocenters. The standard InChI is InChI=1S/C22H13ClN4S/c23-18-11-19-17(10-16(18)21-2-1-9-28-21)22-20(12-25-19)26-13-27(22)15-5-3-14(4-6-15)7-8-24/h1-6,9-13H,7H2. The summed E-state index contributed by atoms with van der Waals surface area (Å²) >= 11 is 8.20. The molecule has 28 heavy (non-hydrogen) atoms. The predicted octanol–water partition coefficient (Wildman–Crippen LogP) is 6.02. The molecule has 3 aromatic heterocycles. The van der Waals surface area contributed by atoms with Gasteiger partial charge in [0, 0.05) is 21.5 Å². The van der Waals surface area contributed by atoms with Crippen LogP contribution in [0, 0.1) is 11.3 Å². The van der Waals surface area contributed by atoms with E-state index < -0.39 is 0 Å². The van der Waals surface area contributed by atoms with E-state index in [4.69, 9.17) is 16.9 Å². The Morgan fingerprint density at radius 2 is 1.93 bits per heavy atom. The average Bonchev–Trinajstić information content (AvgIpc) is 3.38. The molecule has 6 heteroatoms. The first-order valence-corrected chi connectivity index (χ1v) is 9.96. The van der Waals surface area contributed by atoms with Gasteiger partial charge in [-0.05, 0) is 41.3 Å². The van der Waals surface area contributed by atoms with Gasteiger partial charge in [0.15, 0.2) is 0 Å². The fourth-order valence-electron chi connectivity index (χ4n) is 3.40. The molecule has 0 amide bonds. The number of aromatic nitrogens is 3. The van der Waals surface area contributed by atoms with E-state index >= 15 is 0 Å². The Bertz CT molecular complexity index is 1350. The van der Waals surface area contributed by atoms with E-state index in [0.29, 0.717) is 11.4 Å². The van der Waals surface area contributed by atoms with Crippen molar-refractivity contribution in [1.29, 1.82) is 5.26 Å². The molecule has 0 radical (unpaired) electrons. The second-order valence-electron chi connectivity index (χ2n) is 6.43. The SMILES string of the molecule is N#CCc1ccc(-n2cnc3cnc4cc(Cl)c(-c5cccs5)cc4c32)cc1. The first-order chi connectivity index (χ1) is 13.7. The van der Waals surface area contributed by atoms with E-state index in [-0.39, 0.29) is 0 Å². The molecule has 5 rings (SSSR count). The number of halogens is 1. The van der Waals surface area contributed by atoms with Gasteiger partial charge in [0.2, 0.25) is 0 Å².